The number of amides is 1. The Kier molecular flexibility index (Phi) is 4.33. The first kappa shape index (κ1) is 14.9. The minimum absolute atomic E-state index is 0.275. The molecule has 0 radical (unpaired) electrons. The maximum atomic E-state index is 12.1. The molecule has 1 aliphatic heterocycles. The summed E-state index contributed by atoms with van der Waals surface area (Å²) >= 11 is 5.91. The number of hydrogen-bond acceptors (Lipinski definition) is 3. The summed E-state index contributed by atoms with van der Waals surface area (Å²) in [7, 11) is 0. The van der Waals surface area contributed by atoms with Gasteiger partial charge in [0.05, 0.1) is 0 Å². The molecule has 5 heteroatoms. The van der Waals surface area contributed by atoms with Crippen LogP contribution in [0.5, 0.6) is 0 Å². The van der Waals surface area contributed by atoms with E-state index in [1.807, 2.05) is 32.9 Å². The van der Waals surface area contributed by atoms with Crippen LogP contribution in [0.2, 0.25) is 5.15 Å². The number of carbonyl (C=O) groups excluding carboxylic acids is 1. The summed E-state index contributed by atoms with van der Waals surface area (Å²) in [6.07, 6.45) is 4.34. The molecule has 1 aliphatic rings. The van der Waals surface area contributed by atoms with Gasteiger partial charge in [-0.05, 0) is 50.5 Å². The third-order valence-electron chi connectivity index (χ3n) is 2.90. The predicted octanol–water partition coefficient (Wildman–Crippen LogP) is 3.76. The molecule has 0 aliphatic carbocycles. The lowest BCUT2D eigenvalue weighted by Gasteiger charge is -2.30. The second-order valence-corrected chi connectivity index (χ2v) is 6.17. The van der Waals surface area contributed by atoms with Crippen molar-refractivity contribution < 1.29 is 9.53 Å². The highest BCUT2D eigenvalue weighted by atomic mass is 35.5. The SMILES string of the molecule is CC(C)(C)OC(=O)N1CCC=C(c2ccnc(Cl)c2)C1. The molecule has 20 heavy (non-hydrogen) atoms. The van der Waals surface area contributed by atoms with E-state index in [9.17, 15) is 4.79 Å². The fraction of sp³-hybridized carbons (Fsp3) is 0.467. The van der Waals surface area contributed by atoms with Crippen molar-refractivity contribution in [3.8, 4) is 0 Å². The largest absolute Gasteiger partial charge is 0.444 e. The van der Waals surface area contributed by atoms with Crippen LogP contribution >= 0.6 is 11.6 Å². The maximum Gasteiger partial charge on any atom is 0.410 e. The van der Waals surface area contributed by atoms with Crippen LogP contribution in [0.1, 0.15) is 32.8 Å². The number of rotatable bonds is 1. The van der Waals surface area contributed by atoms with Crippen LogP contribution in [-0.4, -0.2) is 34.7 Å². The van der Waals surface area contributed by atoms with Gasteiger partial charge in [0.2, 0.25) is 0 Å². The second kappa shape index (κ2) is 5.83. The van der Waals surface area contributed by atoms with Crippen molar-refractivity contribution in [2.75, 3.05) is 13.1 Å². The fourth-order valence-corrected chi connectivity index (χ4v) is 2.21. The summed E-state index contributed by atoms with van der Waals surface area (Å²) in [5.41, 5.74) is 1.60. The lowest BCUT2D eigenvalue weighted by molar-refractivity contribution is 0.0273. The first-order chi connectivity index (χ1) is 9.35. The minimum Gasteiger partial charge on any atom is -0.444 e. The van der Waals surface area contributed by atoms with E-state index >= 15 is 0 Å². The topological polar surface area (TPSA) is 42.4 Å². The molecule has 108 valence electrons. The zero-order valence-corrected chi connectivity index (χ0v) is 12.8. The molecule has 4 nitrogen and oxygen atoms in total. The predicted molar refractivity (Wildman–Crippen MR) is 79.6 cm³/mol. The summed E-state index contributed by atoms with van der Waals surface area (Å²) < 4.78 is 5.41. The average Bonchev–Trinajstić information content (AvgIpc) is 2.37. The monoisotopic (exact) mass is 294 g/mol. The molecule has 1 amide bonds. The lowest BCUT2D eigenvalue weighted by Crippen LogP contribution is -2.39. The zero-order valence-electron chi connectivity index (χ0n) is 12.0. The first-order valence-electron chi connectivity index (χ1n) is 6.64. The summed E-state index contributed by atoms with van der Waals surface area (Å²) in [6, 6.07) is 3.71. The van der Waals surface area contributed by atoms with Crippen LogP contribution in [0.4, 0.5) is 4.79 Å². The van der Waals surface area contributed by atoms with E-state index in [1.54, 1.807) is 11.1 Å². The molecule has 0 spiro atoms. The van der Waals surface area contributed by atoms with Gasteiger partial charge in [0.1, 0.15) is 10.8 Å². The molecule has 0 fully saturated rings. The Labute approximate surface area is 124 Å². The van der Waals surface area contributed by atoms with Crippen molar-refractivity contribution in [1.82, 2.24) is 9.88 Å². The van der Waals surface area contributed by atoms with E-state index in [1.165, 1.54) is 0 Å². The van der Waals surface area contributed by atoms with Crippen molar-refractivity contribution >= 4 is 23.3 Å². The van der Waals surface area contributed by atoms with Crippen LogP contribution in [0.15, 0.2) is 24.4 Å². The Morgan fingerprint density at radius 3 is 2.85 bits per heavy atom. The van der Waals surface area contributed by atoms with Crippen molar-refractivity contribution in [3.05, 3.63) is 35.1 Å². The highest BCUT2D eigenvalue weighted by Gasteiger charge is 2.24. The first-order valence-corrected chi connectivity index (χ1v) is 7.02. The summed E-state index contributed by atoms with van der Waals surface area (Å²) in [4.78, 5) is 17.8. The van der Waals surface area contributed by atoms with Crippen LogP contribution in [-0.2, 0) is 4.74 Å². The van der Waals surface area contributed by atoms with Crippen molar-refractivity contribution in [1.29, 1.82) is 0 Å². The standard InChI is InChI=1S/C15H19ClN2O2/c1-15(2,3)20-14(19)18-8-4-5-12(10-18)11-6-7-17-13(16)9-11/h5-7,9H,4,8,10H2,1-3H3. The smallest absolute Gasteiger partial charge is 0.410 e. The summed E-state index contributed by atoms with van der Waals surface area (Å²) in [6.45, 7) is 6.82. The van der Waals surface area contributed by atoms with Gasteiger partial charge in [-0.15, -0.1) is 0 Å². The van der Waals surface area contributed by atoms with Gasteiger partial charge < -0.3 is 9.64 Å². The summed E-state index contributed by atoms with van der Waals surface area (Å²) in [5, 5.41) is 0.456. The highest BCUT2D eigenvalue weighted by molar-refractivity contribution is 6.29. The van der Waals surface area contributed by atoms with Gasteiger partial charge in [-0.25, -0.2) is 9.78 Å². The van der Waals surface area contributed by atoms with Gasteiger partial charge in [0.25, 0.3) is 0 Å². The molecule has 0 aromatic carbocycles. The van der Waals surface area contributed by atoms with Crippen LogP contribution < -0.4 is 0 Å². The molecular weight excluding hydrogens is 276 g/mol. The number of nitrogens with zero attached hydrogens (tertiary/aromatic N) is 2. The van der Waals surface area contributed by atoms with E-state index < -0.39 is 5.60 Å². The molecule has 0 atom stereocenters. The van der Waals surface area contributed by atoms with Crippen molar-refractivity contribution in [2.45, 2.75) is 32.8 Å². The van der Waals surface area contributed by atoms with Gasteiger partial charge in [0.15, 0.2) is 0 Å². The molecule has 1 aromatic heterocycles. The molecule has 0 saturated heterocycles. The molecule has 2 rings (SSSR count). The van der Waals surface area contributed by atoms with Crippen molar-refractivity contribution in [2.24, 2.45) is 0 Å². The van der Waals surface area contributed by atoms with Crippen LogP contribution in [0.25, 0.3) is 5.57 Å². The quantitative estimate of drug-likeness (QED) is 0.741. The van der Waals surface area contributed by atoms with E-state index in [0.29, 0.717) is 18.2 Å². The Morgan fingerprint density at radius 1 is 1.45 bits per heavy atom. The number of halogens is 1. The Bertz CT molecular complexity index is 535. The number of hydrogen-bond donors (Lipinski definition) is 0. The molecular formula is C15H19ClN2O2. The maximum absolute atomic E-state index is 12.1. The molecule has 0 unspecified atom stereocenters. The minimum atomic E-state index is -0.474. The molecule has 0 saturated carbocycles. The Hall–Kier alpha value is -1.55. The van der Waals surface area contributed by atoms with E-state index in [-0.39, 0.29) is 6.09 Å². The Morgan fingerprint density at radius 2 is 2.20 bits per heavy atom. The molecule has 0 bridgehead atoms. The Balaban J connectivity index is 2.09. The van der Waals surface area contributed by atoms with E-state index in [4.69, 9.17) is 16.3 Å². The highest BCUT2D eigenvalue weighted by Crippen LogP contribution is 2.23. The molecule has 1 aromatic rings. The van der Waals surface area contributed by atoms with Crippen LogP contribution in [0, 0.1) is 0 Å². The van der Waals surface area contributed by atoms with Gasteiger partial charge in [-0.2, -0.15) is 0 Å². The van der Waals surface area contributed by atoms with Gasteiger partial charge in [0, 0.05) is 19.3 Å². The fourth-order valence-electron chi connectivity index (χ4n) is 2.04. The molecule has 2 heterocycles. The normalized spacial score (nSPS) is 15.8. The number of aromatic nitrogens is 1. The van der Waals surface area contributed by atoms with E-state index in [0.717, 1.165) is 17.6 Å². The second-order valence-electron chi connectivity index (χ2n) is 5.79. The average molecular weight is 295 g/mol. The number of ether oxygens (including phenoxy) is 1. The summed E-state index contributed by atoms with van der Waals surface area (Å²) in [5.74, 6) is 0. The van der Waals surface area contributed by atoms with Crippen molar-refractivity contribution in [3.63, 3.8) is 0 Å². The van der Waals surface area contributed by atoms with Crippen LogP contribution in [0.3, 0.4) is 0 Å². The third kappa shape index (κ3) is 3.97. The zero-order chi connectivity index (χ0) is 14.8. The van der Waals surface area contributed by atoms with Gasteiger partial charge in [-0.1, -0.05) is 17.7 Å². The number of carbonyl (C=O) groups is 1. The van der Waals surface area contributed by atoms with Gasteiger partial charge >= 0.3 is 6.09 Å². The van der Waals surface area contributed by atoms with Gasteiger partial charge in [-0.3, -0.25) is 0 Å². The lowest BCUT2D eigenvalue weighted by atomic mass is 10.0. The van der Waals surface area contributed by atoms with E-state index in [2.05, 4.69) is 11.1 Å². The third-order valence-corrected chi connectivity index (χ3v) is 3.11. The molecule has 0 N–H and O–H groups in total. The number of pyridine rings is 1.